The Morgan fingerprint density at radius 3 is 1.47 bits per heavy atom. The third-order valence-electron chi connectivity index (χ3n) is 5.61. The smallest absolute Gasteiger partial charge is 0.333 e. The van der Waals surface area contributed by atoms with E-state index in [-0.39, 0.29) is 24.4 Å². The average Bonchev–Trinajstić information content (AvgIpc) is 2.98. The maximum absolute atomic E-state index is 14.1. The number of rotatable bonds is 9. The zero-order chi connectivity index (χ0) is 31.4. The number of aliphatic hydroxyl groups is 1. The van der Waals surface area contributed by atoms with Gasteiger partial charge in [0.1, 0.15) is 11.5 Å². The van der Waals surface area contributed by atoms with Gasteiger partial charge in [0.25, 0.3) is 0 Å². The van der Waals surface area contributed by atoms with E-state index < -0.39 is 40.7 Å². The maximum Gasteiger partial charge on any atom is 0.333 e. The second kappa shape index (κ2) is 15.9. The van der Waals surface area contributed by atoms with Crippen molar-refractivity contribution in [1.82, 2.24) is 0 Å². The van der Waals surface area contributed by atoms with Crippen molar-refractivity contribution in [2.24, 2.45) is 0 Å². The fourth-order valence-electron chi connectivity index (χ4n) is 3.62. The molecule has 0 aliphatic rings. The molecule has 0 saturated heterocycles. The summed E-state index contributed by atoms with van der Waals surface area (Å²) in [5, 5.41) is 8.90. The molecule has 0 spiro atoms. The van der Waals surface area contributed by atoms with Crippen molar-refractivity contribution in [3.05, 3.63) is 130 Å². The molecular formula is C34H30F4O5. The molecule has 0 heterocycles. The van der Waals surface area contributed by atoms with Crippen LogP contribution in [0, 0.1) is 23.3 Å². The molecular weight excluding hydrogens is 564 g/mol. The van der Waals surface area contributed by atoms with Crippen molar-refractivity contribution in [1.29, 1.82) is 0 Å². The summed E-state index contributed by atoms with van der Waals surface area (Å²) in [4.78, 5) is 11.5. The van der Waals surface area contributed by atoms with Crippen LogP contribution in [-0.2, 0) is 9.53 Å². The van der Waals surface area contributed by atoms with Gasteiger partial charge in [-0.15, -0.1) is 0 Å². The lowest BCUT2D eigenvalue weighted by Gasteiger charge is -2.09. The summed E-state index contributed by atoms with van der Waals surface area (Å²) >= 11 is 0. The number of halogens is 4. The molecule has 5 nitrogen and oxygen atoms in total. The zero-order valence-electron chi connectivity index (χ0n) is 23.7. The zero-order valence-corrected chi connectivity index (χ0v) is 23.7. The number of para-hydroxylation sites is 2. The number of carbonyl (C=O) groups is 1. The van der Waals surface area contributed by atoms with Crippen molar-refractivity contribution in [3.8, 4) is 23.0 Å². The Labute approximate surface area is 247 Å². The van der Waals surface area contributed by atoms with E-state index in [9.17, 15) is 22.4 Å². The number of benzene rings is 4. The standard InChI is InChI=1S/C18H16F2O3.C16H14F2O2/c1-3-22-18(21)12(2)9-13-10-15(19)17(16(20)11-13)23-14-7-5-4-6-8-14;1-11(10-19)7-12-8-14(17)16(15(18)9-12)20-13-5-3-2-4-6-13/h4-11H,3H2,1-2H3;2-9,19H,10H2,1H3/b12-9+;11-7+. The van der Waals surface area contributed by atoms with Crippen LogP contribution in [0.4, 0.5) is 17.6 Å². The lowest BCUT2D eigenvalue weighted by Crippen LogP contribution is -2.05. The van der Waals surface area contributed by atoms with E-state index in [1.807, 2.05) is 0 Å². The van der Waals surface area contributed by atoms with Crippen LogP contribution in [0.15, 0.2) is 96.1 Å². The van der Waals surface area contributed by atoms with Crippen molar-refractivity contribution in [2.45, 2.75) is 20.8 Å². The van der Waals surface area contributed by atoms with Crippen LogP contribution in [0.2, 0.25) is 0 Å². The van der Waals surface area contributed by atoms with Crippen LogP contribution in [-0.4, -0.2) is 24.3 Å². The summed E-state index contributed by atoms with van der Waals surface area (Å²) in [5.74, 6) is -4.03. The van der Waals surface area contributed by atoms with Gasteiger partial charge in [-0.3, -0.25) is 0 Å². The van der Waals surface area contributed by atoms with Crippen molar-refractivity contribution < 1.29 is 41.7 Å². The molecule has 0 bridgehead atoms. The highest BCUT2D eigenvalue weighted by Gasteiger charge is 2.15. The summed E-state index contributed by atoms with van der Waals surface area (Å²) in [6.07, 6.45) is 2.87. The van der Waals surface area contributed by atoms with Gasteiger partial charge < -0.3 is 19.3 Å². The minimum Gasteiger partial charge on any atom is -0.463 e. The molecule has 0 fully saturated rings. The molecule has 4 aromatic rings. The van der Waals surface area contributed by atoms with Crippen LogP contribution < -0.4 is 9.47 Å². The first-order valence-corrected chi connectivity index (χ1v) is 13.2. The molecule has 43 heavy (non-hydrogen) atoms. The van der Waals surface area contributed by atoms with E-state index in [0.29, 0.717) is 22.6 Å². The third kappa shape index (κ3) is 9.86. The first kappa shape index (κ1) is 32.6. The first-order chi connectivity index (χ1) is 20.6. The maximum atomic E-state index is 14.1. The molecule has 0 amide bonds. The van der Waals surface area contributed by atoms with E-state index in [1.54, 1.807) is 74.5 Å². The third-order valence-corrected chi connectivity index (χ3v) is 5.61. The van der Waals surface area contributed by atoms with E-state index in [4.69, 9.17) is 19.3 Å². The van der Waals surface area contributed by atoms with Crippen LogP contribution in [0.5, 0.6) is 23.0 Å². The summed E-state index contributed by atoms with van der Waals surface area (Å²) < 4.78 is 71.2. The number of hydrogen-bond donors (Lipinski definition) is 1. The monoisotopic (exact) mass is 594 g/mol. The highest BCUT2D eigenvalue weighted by Crippen LogP contribution is 2.30. The van der Waals surface area contributed by atoms with E-state index >= 15 is 0 Å². The predicted molar refractivity (Wildman–Crippen MR) is 157 cm³/mol. The SMILES string of the molecule is C/C(=C\c1cc(F)c(Oc2ccccc2)c(F)c1)CO.CCOC(=O)/C(C)=C/c1cc(F)c(Oc2ccccc2)c(F)c1. The van der Waals surface area contributed by atoms with Gasteiger partial charge in [-0.05, 0) is 92.1 Å². The molecule has 0 radical (unpaired) electrons. The topological polar surface area (TPSA) is 65.0 Å². The summed E-state index contributed by atoms with van der Waals surface area (Å²) in [5.41, 5.74) is 1.42. The molecule has 1 N–H and O–H groups in total. The Morgan fingerprint density at radius 1 is 0.698 bits per heavy atom. The van der Waals surface area contributed by atoms with Gasteiger partial charge in [0, 0.05) is 5.57 Å². The van der Waals surface area contributed by atoms with Crippen molar-refractivity contribution >= 4 is 18.1 Å². The normalized spacial score (nSPS) is 11.3. The summed E-state index contributed by atoms with van der Waals surface area (Å²) in [6.45, 7) is 4.94. The van der Waals surface area contributed by atoms with Gasteiger partial charge in [-0.1, -0.05) is 42.5 Å². The molecule has 0 unspecified atom stereocenters. The average molecular weight is 595 g/mol. The molecule has 4 rings (SSSR count). The summed E-state index contributed by atoms with van der Waals surface area (Å²) in [6, 6.07) is 21.3. The molecule has 0 atom stereocenters. The highest BCUT2D eigenvalue weighted by molar-refractivity contribution is 5.93. The highest BCUT2D eigenvalue weighted by atomic mass is 19.1. The minimum absolute atomic E-state index is 0.161. The van der Waals surface area contributed by atoms with Crippen LogP contribution >= 0.6 is 0 Å². The Hall–Kier alpha value is -4.89. The molecule has 0 aromatic heterocycles. The fourth-order valence-corrected chi connectivity index (χ4v) is 3.62. The molecule has 0 aliphatic heterocycles. The first-order valence-electron chi connectivity index (χ1n) is 13.2. The van der Waals surface area contributed by atoms with Crippen molar-refractivity contribution in [2.75, 3.05) is 13.2 Å². The number of carbonyl (C=O) groups excluding carboxylic acids is 1. The molecule has 0 saturated carbocycles. The Balaban J connectivity index is 0.000000238. The van der Waals surface area contributed by atoms with Gasteiger partial charge >= 0.3 is 5.97 Å². The fraction of sp³-hybridized carbons (Fsp3) is 0.147. The van der Waals surface area contributed by atoms with Crippen LogP contribution in [0.1, 0.15) is 31.9 Å². The number of ether oxygens (including phenoxy) is 3. The molecule has 0 aliphatic carbocycles. The second-order valence-electron chi connectivity index (χ2n) is 9.15. The largest absolute Gasteiger partial charge is 0.463 e. The van der Waals surface area contributed by atoms with Crippen molar-refractivity contribution in [3.63, 3.8) is 0 Å². The van der Waals surface area contributed by atoms with E-state index in [0.717, 1.165) is 12.1 Å². The lowest BCUT2D eigenvalue weighted by molar-refractivity contribution is -0.138. The second-order valence-corrected chi connectivity index (χ2v) is 9.15. The van der Waals surface area contributed by atoms with Crippen LogP contribution in [0.25, 0.3) is 12.2 Å². The van der Waals surface area contributed by atoms with Gasteiger partial charge in [-0.2, -0.15) is 0 Å². The number of hydrogen-bond acceptors (Lipinski definition) is 5. The minimum atomic E-state index is -0.850. The number of esters is 1. The Bertz CT molecular complexity index is 1540. The Morgan fingerprint density at radius 2 is 1.09 bits per heavy atom. The van der Waals surface area contributed by atoms with Gasteiger partial charge in [0.05, 0.1) is 13.2 Å². The van der Waals surface area contributed by atoms with E-state index in [2.05, 4.69) is 0 Å². The number of aliphatic hydroxyl groups excluding tert-OH is 1. The van der Waals surface area contributed by atoms with E-state index in [1.165, 1.54) is 31.2 Å². The van der Waals surface area contributed by atoms with Gasteiger partial charge in [0.15, 0.2) is 34.8 Å². The predicted octanol–water partition coefficient (Wildman–Crippen LogP) is 8.88. The molecule has 4 aromatic carbocycles. The molecule has 224 valence electrons. The lowest BCUT2D eigenvalue weighted by atomic mass is 10.1. The summed E-state index contributed by atoms with van der Waals surface area (Å²) in [7, 11) is 0. The van der Waals surface area contributed by atoms with Gasteiger partial charge in [0.2, 0.25) is 0 Å². The Kier molecular flexibility index (Phi) is 12.1. The molecule has 9 heteroatoms. The van der Waals surface area contributed by atoms with Gasteiger partial charge in [-0.25, -0.2) is 22.4 Å². The quantitative estimate of drug-likeness (QED) is 0.119. The van der Waals surface area contributed by atoms with Crippen LogP contribution in [0.3, 0.4) is 0 Å².